The Labute approximate surface area is 155 Å². The lowest BCUT2D eigenvalue weighted by atomic mass is 9.98. The average Bonchev–Trinajstić information content (AvgIpc) is 2.63. The first kappa shape index (κ1) is 18.2. The first-order valence-electron chi connectivity index (χ1n) is 8.29. The maximum absolute atomic E-state index is 12.5. The van der Waals surface area contributed by atoms with Crippen LogP contribution in [0.2, 0.25) is 0 Å². The zero-order valence-corrected chi connectivity index (χ0v) is 14.9. The van der Waals surface area contributed by atoms with Gasteiger partial charge in [-0.2, -0.15) is 5.26 Å². The van der Waals surface area contributed by atoms with Crippen molar-refractivity contribution in [1.29, 1.82) is 5.26 Å². The van der Waals surface area contributed by atoms with Gasteiger partial charge in [0.25, 0.3) is 0 Å². The van der Waals surface area contributed by atoms with Crippen molar-refractivity contribution >= 4 is 16.9 Å². The number of carboxylic acid groups (broad SMARTS) is 1. The van der Waals surface area contributed by atoms with Crippen molar-refractivity contribution in [3.8, 4) is 11.8 Å². The summed E-state index contributed by atoms with van der Waals surface area (Å²) in [5.41, 5.74) is 3.28. The number of hydrogen-bond acceptors (Lipinski definition) is 5. The van der Waals surface area contributed by atoms with Crippen molar-refractivity contribution in [3.05, 3.63) is 74.6 Å². The summed E-state index contributed by atoms with van der Waals surface area (Å²) in [4.78, 5) is 23.4. The minimum absolute atomic E-state index is 0.335. The molecule has 0 unspecified atom stereocenters. The fourth-order valence-corrected chi connectivity index (χ4v) is 3.00. The predicted molar refractivity (Wildman–Crippen MR) is 99.1 cm³/mol. The van der Waals surface area contributed by atoms with E-state index in [4.69, 9.17) is 19.5 Å². The molecule has 2 aromatic carbocycles. The number of nitrogens with zero attached hydrogens (tertiary/aromatic N) is 1. The Morgan fingerprint density at radius 2 is 1.93 bits per heavy atom. The van der Waals surface area contributed by atoms with Crippen LogP contribution in [0.1, 0.15) is 27.8 Å². The van der Waals surface area contributed by atoms with Crippen LogP contribution >= 0.6 is 0 Å². The maximum atomic E-state index is 12.5. The second-order valence-corrected chi connectivity index (χ2v) is 6.30. The molecule has 0 aliphatic carbocycles. The van der Waals surface area contributed by atoms with Crippen molar-refractivity contribution in [1.82, 2.24) is 0 Å². The Kier molecular flexibility index (Phi) is 4.95. The highest BCUT2D eigenvalue weighted by Gasteiger charge is 2.17. The van der Waals surface area contributed by atoms with Gasteiger partial charge in [-0.15, -0.1) is 0 Å². The quantitative estimate of drug-likeness (QED) is 0.698. The van der Waals surface area contributed by atoms with Gasteiger partial charge in [-0.25, -0.2) is 9.59 Å². The van der Waals surface area contributed by atoms with E-state index in [1.54, 1.807) is 43.3 Å². The molecule has 0 fully saturated rings. The summed E-state index contributed by atoms with van der Waals surface area (Å²) in [6.07, 6.45) is 0.335. The highest BCUT2D eigenvalue weighted by Crippen LogP contribution is 2.31. The van der Waals surface area contributed by atoms with Crippen molar-refractivity contribution < 1.29 is 19.1 Å². The van der Waals surface area contributed by atoms with Crippen LogP contribution in [0, 0.1) is 25.2 Å². The maximum Gasteiger partial charge on any atom is 0.341 e. The predicted octanol–water partition coefficient (Wildman–Crippen LogP) is 3.34. The number of rotatable bonds is 5. The zero-order chi connectivity index (χ0) is 19.6. The number of carbonyl (C=O) groups is 1. The molecule has 3 rings (SSSR count). The SMILES string of the molecule is Cc1cc(OCC(=O)O)c2c(C)c(Cc3ccc(C#N)cc3)c(=O)oc2c1. The lowest BCUT2D eigenvalue weighted by Crippen LogP contribution is -2.13. The van der Waals surface area contributed by atoms with Gasteiger partial charge in [0, 0.05) is 12.0 Å². The van der Waals surface area contributed by atoms with Crippen LogP contribution in [0.25, 0.3) is 11.0 Å². The third-order valence-corrected chi connectivity index (χ3v) is 4.30. The number of nitriles is 1. The molecule has 0 aliphatic heterocycles. The molecule has 1 aromatic heterocycles. The summed E-state index contributed by atoms with van der Waals surface area (Å²) in [5, 5.41) is 18.4. The third-order valence-electron chi connectivity index (χ3n) is 4.30. The van der Waals surface area contributed by atoms with Crippen LogP contribution in [-0.2, 0) is 11.2 Å². The number of fused-ring (bicyclic) bond motifs is 1. The Bertz CT molecular complexity index is 1120. The van der Waals surface area contributed by atoms with Crippen LogP contribution in [0.15, 0.2) is 45.6 Å². The summed E-state index contributed by atoms with van der Waals surface area (Å²) in [6.45, 7) is 3.12. The van der Waals surface area contributed by atoms with E-state index < -0.39 is 18.2 Å². The topological polar surface area (TPSA) is 101 Å². The summed E-state index contributed by atoms with van der Waals surface area (Å²) in [7, 11) is 0. The highest BCUT2D eigenvalue weighted by atomic mass is 16.5. The van der Waals surface area contributed by atoms with Gasteiger partial charge < -0.3 is 14.3 Å². The molecule has 0 bridgehead atoms. The van der Waals surface area contributed by atoms with E-state index in [1.165, 1.54) is 0 Å². The minimum atomic E-state index is -1.09. The molecular formula is C21H17NO5. The number of benzene rings is 2. The molecule has 136 valence electrons. The second kappa shape index (κ2) is 7.34. The van der Waals surface area contributed by atoms with Gasteiger partial charge in [0.15, 0.2) is 6.61 Å². The van der Waals surface area contributed by atoms with Crippen molar-refractivity contribution in [3.63, 3.8) is 0 Å². The highest BCUT2D eigenvalue weighted by molar-refractivity contribution is 5.88. The van der Waals surface area contributed by atoms with Gasteiger partial charge in [0.2, 0.25) is 0 Å². The van der Waals surface area contributed by atoms with E-state index in [0.29, 0.717) is 39.8 Å². The fourth-order valence-electron chi connectivity index (χ4n) is 3.00. The average molecular weight is 363 g/mol. The molecule has 1 heterocycles. The second-order valence-electron chi connectivity index (χ2n) is 6.30. The van der Waals surface area contributed by atoms with Gasteiger partial charge >= 0.3 is 11.6 Å². The normalized spacial score (nSPS) is 10.6. The lowest BCUT2D eigenvalue weighted by molar-refractivity contribution is -0.139. The van der Waals surface area contributed by atoms with E-state index in [2.05, 4.69) is 6.07 Å². The number of aliphatic carboxylic acids is 1. The summed E-state index contributed by atoms with van der Waals surface area (Å²) in [6, 6.07) is 12.5. The van der Waals surface area contributed by atoms with Gasteiger partial charge in [0.05, 0.1) is 17.0 Å². The molecule has 0 aliphatic rings. The Morgan fingerprint density at radius 3 is 2.56 bits per heavy atom. The zero-order valence-electron chi connectivity index (χ0n) is 14.9. The van der Waals surface area contributed by atoms with Crippen molar-refractivity contribution in [2.45, 2.75) is 20.3 Å². The molecule has 27 heavy (non-hydrogen) atoms. The summed E-state index contributed by atoms with van der Waals surface area (Å²) < 4.78 is 10.9. The van der Waals surface area contributed by atoms with Gasteiger partial charge in [-0.05, 0) is 54.8 Å². The number of carboxylic acids is 1. The fraction of sp³-hybridized carbons (Fsp3) is 0.190. The Balaban J connectivity index is 2.11. The van der Waals surface area contributed by atoms with Crippen LogP contribution < -0.4 is 10.4 Å². The van der Waals surface area contributed by atoms with Gasteiger partial charge in [0.1, 0.15) is 11.3 Å². The molecule has 0 atom stereocenters. The van der Waals surface area contributed by atoms with Gasteiger partial charge in [-0.1, -0.05) is 12.1 Å². The molecule has 0 saturated carbocycles. The summed E-state index contributed by atoms with van der Waals surface area (Å²) >= 11 is 0. The lowest BCUT2D eigenvalue weighted by Gasteiger charge is -2.13. The molecule has 0 spiro atoms. The molecule has 1 N–H and O–H groups in total. The number of hydrogen-bond donors (Lipinski definition) is 1. The standard InChI is InChI=1S/C21H17NO5/c1-12-7-17(26-11-19(23)24)20-13(2)16(21(25)27-18(20)8-12)9-14-3-5-15(10-22)6-4-14/h3-8H,9,11H2,1-2H3,(H,23,24). The van der Waals surface area contributed by atoms with Crippen LogP contribution in [0.5, 0.6) is 5.75 Å². The van der Waals surface area contributed by atoms with E-state index in [0.717, 1.165) is 11.1 Å². The van der Waals surface area contributed by atoms with E-state index in [9.17, 15) is 9.59 Å². The van der Waals surface area contributed by atoms with Gasteiger partial charge in [-0.3, -0.25) is 0 Å². The molecule has 0 radical (unpaired) electrons. The monoisotopic (exact) mass is 363 g/mol. The smallest absolute Gasteiger partial charge is 0.341 e. The molecule has 0 saturated heterocycles. The van der Waals surface area contributed by atoms with E-state index >= 15 is 0 Å². The first-order chi connectivity index (χ1) is 12.9. The van der Waals surface area contributed by atoms with Crippen LogP contribution in [0.3, 0.4) is 0 Å². The van der Waals surface area contributed by atoms with E-state index in [1.807, 2.05) is 6.92 Å². The van der Waals surface area contributed by atoms with E-state index in [-0.39, 0.29) is 0 Å². The molecular weight excluding hydrogens is 346 g/mol. The van der Waals surface area contributed by atoms with Crippen molar-refractivity contribution in [2.24, 2.45) is 0 Å². The first-order valence-corrected chi connectivity index (χ1v) is 8.29. The minimum Gasteiger partial charge on any atom is -0.481 e. The third kappa shape index (κ3) is 3.82. The molecule has 3 aromatic rings. The van der Waals surface area contributed by atoms with Crippen LogP contribution in [0.4, 0.5) is 0 Å². The Hall–Kier alpha value is -3.59. The molecule has 0 amide bonds. The molecule has 6 nitrogen and oxygen atoms in total. The largest absolute Gasteiger partial charge is 0.481 e. The summed E-state index contributed by atoms with van der Waals surface area (Å²) in [5.74, 6) is -0.716. The van der Waals surface area contributed by atoms with Crippen molar-refractivity contribution in [2.75, 3.05) is 6.61 Å². The van der Waals surface area contributed by atoms with Crippen LogP contribution in [-0.4, -0.2) is 17.7 Å². The molecule has 6 heteroatoms. The number of ether oxygens (including phenoxy) is 1. The Morgan fingerprint density at radius 1 is 1.22 bits per heavy atom. The number of aryl methyl sites for hydroxylation is 2.